The number of benzene rings is 1. The normalized spacial score (nSPS) is 23.7. The molecule has 1 aliphatic heterocycles. The van der Waals surface area contributed by atoms with Gasteiger partial charge >= 0.3 is 0 Å². The van der Waals surface area contributed by atoms with Crippen molar-refractivity contribution in [2.75, 3.05) is 17.7 Å². The minimum absolute atomic E-state index is 0.559. The highest BCUT2D eigenvalue weighted by molar-refractivity contribution is 8.00. The van der Waals surface area contributed by atoms with Crippen LogP contribution in [0.5, 0.6) is 5.75 Å². The van der Waals surface area contributed by atoms with E-state index in [1.165, 1.54) is 12.2 Å². The van der Waals surface area contributed by atoms with Gasteiger partial charge in [-0.15, -0.1) is 0 Å². The number of halogens is 1. The summed E-state index contributed by atoms with van der Waals surface area (Å²) in [4.78, 5) is 0. The molecule has 1 aromatic rings. The number of thioether (sulfide) groups is 1. The standard InChI is InChI=1S/C13H18ClNOS/c1-3-16-13-5-4-10(7-12(13)14)15-11-6-9(2)17-8-11/h4-5,7,9,11,15H,3,6,8H2,1-2H3. The van der Waals surface area contributed by atoms with Crippen molar-refractivity contribution in [2.45, 2.75) is 31.6 Å². The zero-order valence-electron chi connectivity index (χ0n) is 10.2. The molecule has 0 saturated carbocycles. The van der Waals surface area contributed by atoms with Gasteiger partial charge in [0.05, 0.1) is 11.6 Å². The Hall–Kier alpha value is -0.540. The van der Waals surface area contributed by atoms with E-state index >= 15 is 0 Å². The number of hydrogen-bond donors (Lipinski definition) is 1. The van der Waals surface area contributed by atoms with Crippen LogP contribution in [0.1, 0.15) is 20.3 Å². The Bertz CT molecular complexity index is 386. The van der Waals surface area contributed by atoms with Gasteiger partial charge in [0.25, 0.3) is 0 Å². The van der Waals surface area contributed by atoms with E-state index < -0.39 is 0 Å². The number of anilines is 1. The minimum atomic E-state index is 0.559. The zero-order chi connectivity index (χ0) is 12.3. The Labute approximate surface area is 112 Å². The molecule has 0 bridgehead atoms. The van der Waals surface area contributed by atoms with Crippen molar-refractivity contribution in [3.05, 3.63) is 23.2 Å². The van der Waals surface area contributed by atoms with Gasteiger partial charge in [-0.25, -0.2) is 0 Å². The Morgan fingerprint density at radius 2 is 2.35 bits per heavy atom. The van der Waals surface area contributed by atoms with E-state index in [1.807, 2.05) is 36.9 Å². The molecular weight excluding hydrogens is 254 g/mol. The van der Waals surface area contributed by atoms with Crippen LogP contribution in [-0.4, -0.2) is 23.7 Å². The minimum Gasteiger partial charge on any atom is -0.492 e. The molecule has 4 heteroatoms. The summed E-state index contributed by atoms with van der Waals surface area (Å²) < 4.78 is 5.41. The fourth-order valence-electron chi connectivity index (χ4n) is 2.02. The molecule has 1 N–H and O–H groups in total. The molecule has 2 rings (SSSR count). The summed E-state index contributed by atoms with van der Waals surface area (Å²) in [6.07, 6.45) is 1.22. The quantitative estimate of drug-likeness (QED) is 0.893. The molecule has 1 heterocycles. The summed E-state index contributed by atoms with van der Waals surface area (Å²) in [5.74, 6) is 1.93. The van der Waals surface area contributed by atoms with Crippen molar-refractivity contribution in [3.8, 4) is 5.75 Å². The molecule has 1 aliphatic rings. The second kappa shape index (κ2) is 5.87. The lowest BCUT2D eigenvalue weighted by molar-refractivity contribution is 0.340. The first-order valence-electron chi connectivity index (χ1n) is 5.99. The van der Waals surface area contributed by atoms with Gasteiger partial charge in [-0.3, -0.25) is 0 Å². The van der Waals surface area contributed by atoms with Gasteiger partial charge in [0.15, 0.2) is 0 Å². The lowest BCUT2D eigenvalue weighted by Gasteiger charge is -2.14. The van der Waals surface area contributed by atoms with Crippen molar-refractivity contribution in [2.24, 2.45) is 0 Å². The van der Waals surface area contributed by atoms with E-state index in [0.717, 1.165) is 16.7 Å². The third-order valence-electron chi connectivity index (χ3n) is 2.80. The fraction of sp³-hybridized carbons (Fsp3) is 0.538. The SMILES string of the molecule is CCOc1ccc(NC2CSC(C)C2)cc1Cl. The van der Waals surface area contributed by atoms with Crippen molar-refractivity contribution in [1.82, 2.24) is 0 Å². The highest BCUT2D eigenvalue weighted by Crippen LogP contribution is 2.31. The van der Waals surface area contributed by atoms with Gasteiger partial charge in [-0.05, 0) is 31.5 Å². The van der Waals surface area contributed by atoms with Gasteiger partial charge in [0.1, 0.15) is 5.75 Å². The third kappa shape index (κ3) is 3.46. The molecule has 1 aromatic carbocycles. The predicted molar refractivity (Wildman–Crippen MR) is 76.6 cm³/mol. The molecule has 17 heavy (non-hydrogen) atoms. The smallest absolute Gasteiger partial charge is 0.138 e. The molecule has 2 nitrogen and oxygen atoms in total. The van der Waals surface area contributed by atoms with Crippen molar-refractivity contribution >= 4 is 29.1 Å². The monoisotopic (exact) mass is 271 g/mol. The lowest BCUT2D eigenvalue weighted by Crippen LogP contribution is -2.18. The van der Waals surface area contributed by atoms with Crippen LogP contribution < -0.4 is 10.1 Å². The summed E-state index contributed by atoms with van der Waals surface area (Å²) in [6, 6.07) is 6.47. The molecule has 94 valence electrons. The summed E-state index contributed by atoms with van der Waals surface area (Å²) in [5, 5.41) is 4.95. The maximum Gasteiger partial charge on any atom is 0.138 e. The molecule has 0 amide bonds. The molecule has 2 unspecified atom stereocenters. The molecule has 0 radical (unpaired) electrons. The van der Waals surface area contributed by atoms with Gasteiger partial charge in [-0.2, -0.15) is 11.8 Å². The number of rotatable bonds is 4. The maximum absolute atomic E-state index is 6.15. The van der Waals surface area contributed by atoms with Crippen molar-refractivity contribution in [3.63, 3.8) is 0 Å². The summed E-state index contributed by atoms with van der Waals surface area (Å²) >= 11 is 8.17. The Morgan fingerprint density at radius 1 is 1.53 bits per heavy atom. The first-order chi connectivity index (χ1) is 8.19. The number of ether oxygens (including phenoxy) is 1. The van der Waals surface area contributed by atoms with E-state index in [1.54, 1.807) is 0 Å². The summed E-state index contributed by atoms with van der Waals surface area (Å²) in [6.45, 7) is 4.88. The first kappa shape index (κ1) is 12.9. The predicted octanol–water partition coefficient (Wildman–Crippen LogP) is 4.04. The van der Waals surface area contributed by atoms with E-state index in [4.69, 9.17) is 16.3 Å². The van der Waals surface area contributed by atoms with E-state index in [-0.39, 0.29) is 0 Å². The maximum atomic E-state index is 6.15. The van der Waals surface area contributed by atoms with E-state index in [0.29, 0.717) is 17.7 Å². The second-order valence-corrected chi connectivity index (χ2v) is 6.18. The van der Waals surface area contributed by atoms with E-state index in [2.05, 4.69) is 12.2 Å². The Balaban J connectivity index is 1.99. The van der Waals surface area contributed by atoms with Crippen LogP contribution in [0.15, 0.2) is 18.2 Å². The molecule has 0 aliphatic carbocycles. The van der Waals surface area contributed by atoms with Gasteiger partial charge in [0.2, 0.25) is 0 Å². The molecule has 0 aromatic heterocycles. The van der Waals surface area contributed by atoms with E-state index in [9.17, 15) is 0 Å². The summed E-state index contributed by atoms with van der Waals surface area (Å²) in [5.41, 5.74) is 1.08. The topological polar surface area (TPSA) is 21.3 Å². The summed E-state index contributed by atoms with van der Waals surface area (Å²) in [7, 11) is 0. The second-order valence-electron chi connectivity index (χ2n) is 4.30. The zero-order valence-corrected chi connectivity index (χ0v) is 11.8. The average molecular weight is 272 g/mol. The Morgan fingerprint density at radius 3 is 2.94 bits per heavy atom. The number of nitrogens with one attached hydrogen (secondary N) is 1. The average Bonchev–Trinajstić information content (AvgIpc) is 2.68. The van der Waals surface area contributed by atoms with Crippen LogP contribution in [0.4, 0.5) is 5.69 Å². The molecular formula is C13H18ClNOS. The van der Waals surface area contributed by atoms with Gasteiger partial charge in [0, 0.05) is 22.7 Å². The first-order valence-corrected chi connectivity index (χ1v) is 7.42. The van der Waals surface area contributed by atoms with Crippen molar-refractivity contribution in [1.29, 1.82) is 0 Å². The highest BCUT2D eigenvalue weighted by Gasteiger charge is 2.21. The van der Waals surface area contributed by atoms with Crippen LogP contribution in [0.3, 0.4) is 0 Å². The molecule has 2 atom stereocenters. The Kier molecular flexibility index (Phi) is 4.46. The molecule has 1 saturated heterocycles. The fourth-order valence-corrected chi connectivity index (χ4v) is 3.40. The van der Waals surface area contributed by atoms with Gasteiger partial charge in [-0.1, -0.05) is 18.5 Å². The third-order valence-corrected chi connectivity index (χ3v) is 4.45. The lowest BCUT2D eigenvalue weighted by atomic mass is 10.2. The molecule has 1 fully saturated rings. The highest BCUT2D eigenvalue weighted by atomic mass is 35.5. The molecule has 0 spiro atoms. The van der Waals surface area contributed by atoms with Crippen LogP contribution in [0.25, 0.3) is 0 Å². The largest absolute Gasteiger partial charge is 0.492 e. The van der Waals surface area contributed by atoms with Gasteiger partial charge < -0.3 is 10.1 Å². The van der Waals surface area contributed by atoms with Crippen molar-refractivity contribution < 1.29 is 4.74 Å². The van der Waals surface area contributed by atoms with Crippen LogP contribution in [0, 0.1) is 0 Å². The number of hydrogen-bond acceptors (Lipinski definition) is 3. The van der Waals surface area contributed by atoms with Crippen LogP contribution in [0.2, 0.25) is 5.02 Å². The van der Waals surface area contributed by atoms with Crippen LogP contribution in [-0.2, 0) is 0 Å². The van der Waals surface area contributed by atoms with Crippen LogP contribution >= 0.6 is 23.4 Å².